The number of nitrogens with two attached hydrogens (primary N) is 1. The van der Waals surface area contributed by atoms with Crippen LogP contribution in [0.25, 0.3) is 0 Å². The molecule has 0 aromatic heterocycles. The van der Waals surface area contributed by atoms with Crippen LogP contribution in [-0.4, -0.2) is 29.1 Å². The fourth-order valence-electron chi connectivity index (χ4n) is 3.34. The summed E-state index contributed by atoms with van der Waals surface area (Å²) >= 11 is 0. The van der Waals surface area contributed by atoms with Crippen molar-refractivity contribution in [2.45, 2.75) is 43.8 Å². The van der Waals surface area contributed by atoms with Crippen LogP contribution in [0.15, 0.2) is 12.2 Å². The molecule has 2 fully saturated rings. The molecule has 0 bridgehead atoms. The Bertz CT molecular complexity index is 259. The number of fused-ring (bicyclic) bond motifs is 3. The van der Waals surface area contributed by atoms with E-state index in [2.05, 4.69) is 24.0 Å². The molecule has 1 aliphatic carbocycles. The molecular weight excluding hydrogens is 160 g/mol. The first-order valence-electron chi connectivity index (χ1n) is 5.43. The molecule has 0 aromatic rings. The number of rotatable bonds is 1. The number of hydrogen-bond acceptors (Lipinski definition) is 2. The highest BCUT2D eigenvalue weighted by atomic mass is 15.4. The second-order valence-corrected chi connectivity index (χ2v) is 4.98. The minimum absolute atomic E-state index is 0.353. The van der Waals surface area contributed by atoms with E-state index in [-0.39, 0.29) is 0 Å². The summed E-state index contributed by atoms with van der Waals surface area (Å²) < 4.78 is 0. The predicted octanol–water partition coefficient (Wildman–Crippen LogP) is 1.13. The van der Waals surface area contributed by atoms with Gasteiger partial charge in [0.25, 0.3) is 0 Å². The van der Waals surface area contributed by atoms with Crippen LogP contribution in [-0.2, 0) is 0 Å². The van der Waals surface area contributed by atoms with E-state index in [1.807, 2.05) is 0 Å². The summed E-state index contributed by atoms with van der Waals surface area (Å²) in [6, 6.07) is 1.09. The molecule has 72 valence electrons. The Morgan fingerprint density at radius 1 is 1.62 bits per heavy atom. The van der Waals surface area contributed by atoms with E-state index in [1.165, 1.54) is 25.8 Å². The van der Waals surface area contributed by atoms with Crippen LogP contribution in [0.5, 0.6) is 0 Å². The zero-order valence-electron chi connectivity index (χ0n) is 8.24. The van der Waals surface area contributed by atoms with Gasteiger partial charge in [-0.3, -0.25) is 4.90 Å². The summed E-state index contributed by atoms with van der Waals surface area (Å²) in [5, 5.41) is 0. The summed E-state index contributed by atoms with van der Waals surface area (Å²) in [5.74, 6) is 0.907. The quantitative estimate of drug-likeness (QED) is 0.481. The number of piperidine rings is 1. The summed E-state index contributed by atoms with van der Waals surface area (Å²) in [4.78, 5) is 2.61. The first-order valence-corrected chi connectivity index (χ1v) is 5.43. The lowest BCUT2D eigenvalue weighted by molar-refractivity contribution is 0.360. The van der Waals surface area contributed by atoms with Crippen molar-refractivity contribution in [3.05, 3.63) is 12.2 Å². The van der Waals surface area contributed by atoms with Gasteiger partial charge in [0.2, 0.25) is 0 Å². The molecular formula is C11H18N2. The zero-order chi connectivity index (χ0) is 9.05. The topological polar surface area (TPSA) is 29.0 Å². The average molecular weight is 178 g/mol. The van der Waals surface area contributed by atoms with Crippen LogP contribution < -0.4 is 5.73 Å². The third-order valence-corrected chi connectivity index (χ3v) is 4.26. The molecule has 2 aliphatic heterocycles. The summed E-state index contributed by atoms with van der Waals surface area (Å²) in [6.45, 7) is 3.41. The Morgan fingerprint density at radius 3 is 3.15 bits per heavy atom. The highest BCUT2D eigenvalue weighted by Crippen LogP contribution is 2.53. The molecule has 3 rings (SSSR count). The van der Waals surface area contributed by atoms with Crippen molar-refractivity contribution in [2.75, 3.05) is 6.54 Å². The lowest BCUT2D eigenvalue weighted by Gasteiger charge is -2.22. The summed E-state index contributed by atoms with van der Waals surface area (Å²) in [6.07, 6.45) is 8.76. The first-order chi connectivity index (χ1) is 6.24. The third kappa shape index (κ3) is 0.906. The molecule has 2 saturated heterocycles. The average Bonchev–Trinajstić information content (AvgIpc) is 2.76. The number of hydrogen-bond donors (Lipinski definition) is 1. The fourth-order valence-corrected chi connectivity index (χ4v) is 3.34. The maximum Gasteiger partial charge on any atom is 0.0494 e. The van der Waals surface area contributed by atoms with Gasteiger partial charge >= 0.3 is 0 Å². The van der Waals surface area contributed by atoms with E-state index in [0.29, 0.717) is 11.6 Å². The molecule has 0 amide bonds. The van der Waals surface area contributed by atoms with Gasteiger partial charge in [-0.25, -0.2) is 0 Å². The summed E-state index contributed by atoms with van der Waals surface area (Å²) in [5.41, 5.74) is 6.47. The van der Waals surface area contributed by atoms with Gasteiger partial charge in [-0.15, -0.1) is 0 Å². The van der Waals surface area contributed by atoms with Crippen molar-refractivity contribution in [3.8, 4) is 0 Å². The van der Waals surface area contributed by atoms with Gasteiger partial charge in [-0.1, -0.05) is 12.2 Å². The molecule has 5 atom stereocenters. The number of allylic oxidation sites excluding steroid dienone is 1. The Balaban J connectivity index is 1.86. The van der Waals surface area contributed by atoms with Gasteiger partial charge in [-0.2, -0.15) is 0 Å². The van der Waals surface area contributed by atoms with Crippen molar-refractivity contribution >= 4 is 0 Å². The standard InChI is InChI=1S/C11H18N2/c1-8(12)11-6-9-4-2-3-5-10(9)13(11)7-11/h3,5,8-10H,2,4,6-7,12H2,1H3. The van der Waals surface area contributed by atoms with Crippen LogP contribution in [0.1, 0.15) is 26.2 Å². The predicted molar refractivity (Wildman–Crippen MR) is 53.4 cm³/mol. The van der Waals surface area contributed by atoms with Gasteiger partial charge in [0, 0.05) is 24.2 Å². The second kappa shape index (κ2) is 2.37. The van der Waals surface area contributed by atoms with Crippen LogP contribution in [0, 0.1) is 5.92 Å². The molecule has 2 heteroatoms. The molecule has 3 aliphatic rings. The fraction of sp³-hybridized carbons (Fsp3) is 0.818. The Morgan fingerprint density at radius 2 is 2.46 bits per heavy atom. The summed E-state index contributed by atoms with van der Waals surface area (Å²) in [7, 11) is 0. The molecule has 13 heavy (non-hydrogen) atoms. The Kier molecular flexibility index (Phi) is 1.46. The zero-order valence-corrected chi connectivity index (χ0v) is 8.24. The Labute approximate surface area is 79.8 Å². The molecule has 0 spiro atoms. The third-order valence-electron chi connectivity index (χ3n) is 4.26. The van der Waals surface area contributed by atoms with Crippen LogP contribution in [0.4, 0.5) is 0 Å². The van der Waals surface area contributed by atoms with Gasteiger partial charge in [-0.05, 0) is 32.1 Å². The molecule has 2 heterocycles. The highest BCUT2D eigenvalue weighted by molar-refractivity contribution is 5.26. The normalized spacial score (nSPS) is 54.2. The molecule has 5 unspecified atom stereocenters. The van der Waals surface area contributed by atoms with Crippen molar-refractivity contribution in [1.82, 2.24) is 4.90 Å². The molecule has 2 nitrogen and oxygen atoms in total. The molecule has 2 N–H and O–H groups in total. The minimum atomic E-state index is 0.353. The SMILES string of the molecule is CC(N)C12CC3CCC=CC3N1C2. The lowest BCUT2D eigenvalue weighted by Crippen LogP contribution is -2.36. The van der Waals surface area contributed by atoms with Gasteiger partial charge in [0.05, 0.1) is 0 Å². The Hall–Kier alpha value is -0.340. The highest BCUT2D eigenvalue weighted by Gasteiger charge is 2.64. The van der Waals surface area contributed by atoms with E-state index >= 15 is 0 Å². The monoisotopic (exact) mass is 178 g/mol. The van der Waals surface area contributed by atoms with Crippen molar-refractivity contribution in [2.24, 2.45) is 11.7 Å². The van der Waals surface area contributed by atoms with E-state index in [9.17, 15) is 0 Å². The largest absolute Gasteiger partial charge is 0.326 e. The van der Waals surface area contributed by atoms with Gasteiger partial charge in [0.1, 0.15) is 0 Å². The van der Waals surface area contributed by atoms with Crippen molar-refractivity contribution < 1.29 is 0 Å². The van der Waals surface area contributed by atoms with Crippen LogP contribution in [0.2, 0.25) is 0 Å². The maximum absolute atomic E-state index is 6.06. The van der Waals surface area contributed by atoms with E-state index in [4.69, 9.17) is 5.73 Å². The smallest absolute Gasteiger partial charge is 0.0494 e. The van der Waals surface area contributed by atoms with Crippen molar-refractivity contribution in [1.29, 1.82) is 0 Å². The first kappa shape index (κ1) is 8.01. The maximum atomic E-state index is 6.06. The second-order valence-electron chi connectivity index (χ2n) is 4.98. The van der Waals surface area contributed by atoms with Gasteiger partial charge in [0.15, 0.2) is 0 Å². The minimum Gasteiger partial charge on any atom is -0.326 e. The van der Waals surface area contributed by atoms with E-state index in [0.717, 1.165) is 12.0 Å². The number of nitrogens with zero attached hydrogens (tertiary/aromatic N) is 1. The van der Waals surface area contributed by atoms with E-state index in [1.54, 1.807) is 0 Å². The van der Waals surface area contributed by atoms with Gasteiger partial charge < -0.3 is 5.73 Å². The molecule has 0 radical (unpaired) electrons. The van der Waals surface area contributed by atoms with Crippen molar-refractivity contribution in [3.63, 3.8) is 0 Å². The van der Waals surface area contributed by atoms with Crippen LogP contribution in [0.3, 0.4) is 0 Å². The lowest BCUT2D eigenvalue weighted by atomic mass is 9.84. The molecule has 0 saturated carbocycles. The molecule has 0 aromatic carbocycles. The van der Waals surface area contributed by atoms with Crippen LogP contribution >= 0.6 is 0 Å². The van der Waals surface area contributed by atoms with E-state index < -0.39 is 0 Å².